The van der Waals surface area contributed by atoms with Crippen LogP contribution in [0.5, 0.6) is 0 Å². The number of amides is 1. The molecule has 0 saturated carbocycles. The minimum absolute atomic E-state index is 0.000323. The second-order valence-electron chi connectivity index (χ2n) is 7.71. The summed E-state index contributed by atoms with van der Waals surface area (Å²) in [7, 11) is 3.39. The Hall–Kier alpha value is -0.880. The topological polar surface area (TPSA) is 161 Å². The highest BCUT2D eigenvalue weighted by Crippen LogP contribution is 2.18. The Kier molecular flexibility index (Phi) is 36.3. The fraction of sp³-hybridized carbons (Fsp3) is 0.920. The van der Waals surface area contributed by atoms with Gasteiger partial charge in [0.05, 0.1) is 119 Å². The maximum absolute atomic E-state index is 11.6. The van der Waals surface area contributed by atoms with Gasteiger partial charge in [-0.05, 0) is 12.5 Å². The Bertz CT molecular complexity index is 597. The van der Waals surface area contributed by atoms with Crippen molar-refractivity contribution in [3.05, 3.63) is 17.4 Å². The zero-order valence-electron chi connectivity index (χ0n) is 24.2. The van der Waals surface area contributed by atoms with Gasteiger partial charge in [-0.15, -0.1) is 0 Å². The summed E-state index contributed by atoms with van der Waals surface area (Å²) >= 11 is 0. The molecular formula is C25H49N4O10S2. The number of carbonyl (C=O) groups excluding carboxylic acids is 1. The van der Waals surface area contributed by atoms with E-state index >= 15 is 0 Å². The van der Waals surface area contributed by atoms with E-state index in [2.05, 4.69) is 22.3 Å². The van der Waals surface area contributed by atoms with E-state index in [9.17, 15) is 4.79 Å². The number of rotatable bonds is 35. The van der Waals surface area contributed by atoms with E-state index in [1.807, 2.05) is 0 Å². The average Bonchev–Trinajstić information content (AvgIpc) is 2.98. The molecule has 0 saturated heterocycles. The molecular weight excluding hydrogens is 580 g/mol. The average molecular weight is 630 g/mol. The van der Waals surface area contributed by atoms with Gasteiger partial charge < -0.3 is 47.9 Å². The van der Waals surface area contributed by atoms with Crippen molar-refractivity contribution in [1.29, 1.82) is 0 Å². The quantitative estimate of drug-likeness (QED) is 0.0358. The molecule has 0 aromatic carbocycles. The highest BCUT2D eigenvalue weighted by Gasteiger charge is 2.01. The number of ether oxygens (including phenoxy) is 9. The first-order valence-electron chi connectivity index (χ1n) is 13.8. The maximum Gasteiger partial charge on any atom is 0.222 e. The van der Waals surface area contributed by atoms with Crippen molar-refractivity contribution in [3.8, 4) is 0 Å². The van der Waals surface area contributed by atoms with E-state index in [0.717, 1.165) is 11.5 Å². The molecule has 0 unspecified atom stereocenters. The minimum atomic E-state index is -0.000323. The lowest BCUT2D eigenvalue weighted by Gasteiger charge is -2.09. The Morgan fingerprint density at radius 1 is 0.610 bits per heavy atom. The van der Waals surface area contributed by atoms with Crippen molar-refractivity contribution in [2.24, 2.45) is 5.11 Å². The van der Waals surface area contributed by atoms with Crippen LogP contribution < -0.4 is 5.32 Å². The number of hydrogen-bond donors (Lipinski definition) is 1. The van der Waals surface area contributed by atoms with Gasteiger partial charge in [-0.1, -0.05) is 26.7 Å². The van der Waals surface area contributed by atoms with Gasteiger partial charge in [0, 0.05) is 35.9 Å². The van der Waals surface area contributed by atoms with Crippen LogP contribution in [0.2, 0.25) is 0 Å². The third-order valence-electron chi connectivity index (χ3n) is 4.52. The molecule has 0 bridgehead atoms. The second-order valence-corrected chi connectivity index (χ2v) is 10.4. The van der Waals surface area contributed by atoms with Crippen molar-refractivity contribution in [2.45, 2.75) is 6.42 Å². The van der Waals surface area contributed by atoms with Gasteiger partial charge in [0.15, 0.2) is 0 Å². The fourth-order valence-electron chi connectivity index (χ4n) is 2.61. The van der Waals surface area contributed by atoms with Crippen LogP contribution in [-0.4, -0.2) is 149 Å². The highest BCUT2D eigenvalue weighted by molar-refractivity contribution is 8.76. The Morgan fingerprint density at radius 3 is 1.34 bits per heavy atom. The van der Waals surface area contributed by atoms with E-state index in [1.54, 1.807) is 21.6 Å². The van der Waals surface area contributed by atoms with Gasteiger partial charge in [0.2, 0.25) is 5.91 Å². The third kappa shape index (κ3) is 37.1. The largest absolute Gasteiger partial charge is 0.379 e. The van der Waals surface area contributed by atoms with Gasteiger partial charge in [0.1, 0.15) is 0 Å². The molecule has 1 radical (unpaired) electrons. The van der Waals surface area contributed by atoms with Crippen LogP contribution in [0.3, 0.4) is 0 Å². The number of azide groups is 1. The Balaban J connectivity index is 3.09. The molecule has 0 aliphatic carbocycles. The summed E-state index contributed by atoms with van der Waals surface area (Å²) in [5, 5.41) is 6.22. The maximum atomic E-state index is 11.6. The number of carbonyl (C=O) groups is 1. The summed E-state index contributed by atoms with van der Waals surface area (Å²) in [6, 6.07) is 0. The molecule has 14 nitrogen and oxygen atoms in total. The van der Waals surface area contributed by atoms with Crippen molar-refractivity contribution in [1.82, 2.24) is 5.32 Å². The van der Waals surface area contributed by atoms with Gasteiger partial charge in [-0.25, -0.2) is 0 Å². The Morgan fingerprint density at radius 2 is 0.976 bits per heavy atom. The molecule has 0 aliphatic rings. The molecule has 1 N–H and O–H groups in total. The van der Waals surface area contributed by atoms with Crippen molar-refractivity contribution < 1.29 is 47.4 Å². The van der Waals surface area contributed by atoms with Crippen molar-refractivity contribution in [2.75, 3.05) is 144 Å². The van der Waals surface area contributed by atoms with Crippen molar-refractivity contribution in [3.63, 3.8) is 0 Å². The van der Waals surface area contributed by atoms with Crippen molar-refractivity contribution >= 4 is 27.5 Å². The van der Waals surface area contributed by atoms with E-state index < -0.39 is 0 Å². The van der Waals surface area contributed by atoms with Gasteiger partial charge >= 0.3 is 0 Å². The second kappa shape index (κ2) is 37.1. The van der Waals surface area contributed by atoms with E-state index in [1.165, 1.54) is 0 Å². The molecule has 0 aromatic rings. The monoisotopic (exact) mass is 629 g/mol. The van der Waals surface area contributed by atoms with Crippen LogP contribution in [0.1, 0.15) is 6.42 Å². The molecule has 0 spiro atoms. The Labute approximate surface area is 252 Å². The molecule has 0 heterocycles. The normalized spacial score (nSPS) is 11.0. The summed E-state index contributed by atoms with van der Waals surface area (Å²) in [5.74, 6) is 1.70. The molecule has 0 rings (SSSR count). The van der Waals surface area contributed by atoms with Crippen LogP contribution in [0.15, 0.2) is 5.11 Å². The standard InChI is InChI=1S/C25H49N4O10S2/c1-2-40-41-24-5-27-25(30)3-6-31-8-10-33-12-14-35-16-18-37-20-22-39-23-21-38-19-17-36-15-13-34-11-9-32-7-4-28-29-26/h1-24H2,(H,27,30). The first-order chi connectivity index (χ1) is 20.3. The first kappa shape index (κ1) is 40.1. The van der Waals surface area contributed by atoms with Crippen LogP contribution in [0.4, 0.5) is 0 Å². The summed E-state index contributed by atoms with van der Waals surface area (Å²) in [6.07, 6.45) is 0.352. The lowest BCUT2D eigenvalue weighted by molar-refractivity contribution is -0.122. The van der Waals surface area contributed by atoms with Crippen LogP contribution in [0.25, 0.3) is 10.4 Å². The molecule has 16 heteroatoms. The minimum Gasteiger partial charge on any atom is -0.379 e. The highest BCUT2D eigenvalue weighted by atomic mass is 33.1. The van der Waals surface area contributed by atoms with Gasteiger partial charge in [-0.3, -0.25) is 4.79 Å². The molecule has 0 atom stereocenters. The van der Waals surface area contributed by atoms with Gasteiger partial charge in [0.25, 0.3) is 0 Å². The smallest absolute Gasteiger partial charge is 0.222 e. The van der Waals surface area contributed by atoms with Crippen LogP contribution >= 0.6 is 21.6 Å². The lowest BCUT2D eigenvalue weighted by Crippen LogP contribution is -2.26. The zero-order valence-corrected chi connectivity index (χ0v) is 25.8. The molecule has 0 aromatic heterocycles. The predicted molar refractivity (Wildman–Crippen MR) is 159 cm³/mol. The number of nitrogens with zero attached hydrogens (tertiary/aromatic N) is 3. The molecule has 0 aliphatic heterocycles. The SMILES string of the molecule is [CH2]CSSCCNC(=O)CCOCCOCCOCCOCCOCCOCCOCCOCCOCCN=[N+]=[N-]. The van der Waals surface area contributed by atoms with E-state index in [4.69, 9.17) is 48.2 Å². The first-order valence-corrected chi connectivity index (χ1v) is 16.3. The fourth-order valence-corrected chi connectivity index (χ4v) is 3.99. The lowest BCUT2D eigenvalue weighted by atomic mass is 10.4. The predicted octanol–water partition coefficient (Wildman–Crippen LogP) is 2.17. The van der Waals surface area contributed by atoms with E-state index in [-0.39, 0.29) is 5.91 Å². The summed E-state index contributed by atoms with van der Waals surface area (Å²) in [4.78, 5) is 14.3. The summed E-state index contributed by atoms with van der Waals surface area (Å²) in [6.45, 7) is 13.2. The third-order valence-corrected chi connectivity index (χ3v) is 6.73. The van der Waals surface area contributed by atoms with E-state index in [0.29, 0.717) is 138 Å². The molecule has 241 valence electrons. The molecule has 1 amide bonds. The van der Waals surface area contributed by atoms with Crippen LogP contribution in [0, 0.1) is 6.92 Å². The number of nitrogens with one attached hydrogen (secondary N) is 1. The summed E-state index contributed by atoms with van der Waals surface area (Å²) < 4.78 is 48.6. The zero-order chi connectivity index (χ0) is 29.7. The van der Waals surface area contributed by atoms with Crippen LogP contribution in [-0.2, 0) is 47.4 Å². The molecule has 0 fully saturated rings. The van der Waals surface area contributed by atoms with Gasteiger partial charge in [-0.2, -0.15) is 0 Å². The summed E-state index contributed by atoms with van der Waals surface area (Å²) in [5.41, 5.74) is 8.12. The number of hydrogen-bond acceptors (Lipinski definition) is 13. The molecule has 41 heavy (non-hydrogen) atoms.